The van der Waals surface area contributed by atoms with E-state index in [0.29, 0.717) is 57.2 Å². The third-order valence-corrected chi connectivity index (χ3v) is 9.66. The Hall–Kier alpha value is -4.82. The molecule has 0 saturated heterocycles. The predicted molar refractivity (Wildman–Crippen MR) is 166 cm³/mol. The molecule has 14 heteroatoms. The number of carbonyl (C=O) groups is 2. The molecule has 2 N–H and O–H groups in total. The van der Waals surface area contributed by atoms with E-state index in [1.165, 1.54) is 56.8 Å². The standard InChI is InChI=1S/C30H26FN5O6S2/c1-32-28(38)25-19-12-18(16-11-20(29(41-3)33-14-16)30-35-27-23(43-30)9-10-24(37)34-27)21(36(2)44(4,39)40)13-22(19)42-26(25)15-5-7-17(31)8-6-15/h5-8,11-14H,9-10H2,1-4H3,(H,32,38)(H,34,37). The monoisotopic (exact) mass is 635 g/mol. The molecule has 0 spiro atoms. The van der Waals surface area contributed by atoms with Gasteiger partial charge >= 0.3 is 0 Å². The molecule has 11 nitrogen and oxygen atoms in total. The molecule has 0 atom stereocenters. The molecule has 0 saturated carbocycles. The van der Waals surface area contributed by atoms with Gasteiger partial charge in [0.25, 0.3) is 5.91 Å². The highest BCUT2D eigenvalue weighted by Gasteiger charge is 2.27. The minimum absolute atomic E-state index is 0.109. The molecule has 2 amide bonds. The lowest BCUT2D eigenvalue weighted by molar-refractivity contribution is -0.116. The van der Waals surface area contributed by atoms with Gasteiger partial charge in [-0.05, 0) is 42.8 Å². The summed E-state index contributed by atoms with van der Waals surface area (Å²) in [5, 5.41) is 6.40. The van der Waals surface area contributed by atoms with Crippen LogP contribution in [0.1, 0.15) is 21.7 Å². The maximum atomic E-state index is 13.7. The second kappa shape index (κ2) is 11.0. The number of thiazole rings is 1. The fraction of sp³-hybridized carbons (Fsp3) is 0.200. The number of sulfonamides is 1. The van der Waals surface area contributed by atoms with Gasteiger partial charge in [0.2, 0.25) is 21.8 Å². The van der Waals surface area contributed by atoms with Gasteiger partial charge in [-0.1, -0.05) is 0 Å². The SMILES string of the molecule is CNC(=O)c1c(-c2ccc(F)cc2)oc2cc(N(C)S(C)(=O)=O)c(-c3cnc(OC)c(-c4nc5c(s4)CCC(=O)N5)c3)cc12. The molecular formula is C30H26FN5O6S2. The summed E-state index contributed by atoms with van der Waals surface area (Å²) in [6.07, 6.45) is 3.55. The molecule has 0 bridgehead atoms. The smallest absolute Gasteiger partial charge is 0.255 e. The van der Waals surface area contributed by atoms with Crippen LogP contribution in [0.15, 0.2) is 53.1 Å². The number of hydrogen-bond acceptors (Lipinski definition) is 9. The Balaban J connectivity index is 1.61. The molecule has 1 aliphatic rings. The maximum Gasteiger partial charge on any atom is 0.255 e. The second-order valence-corrected chi connectivity index (χ2v) is 13.2. The summed E-state index contributed by atoms with van der Waals surface area (Å²) in [4.78, 5) is 35.2. The van der Waals surface area contributed by atoms with Crippen LogP contribution in [-0.2, 0) is 21.2 Å². The van der Waals surface area contributed by atoms with E-state index < -0.39 is 21.7 Å². The predicted octanol–water partition coefficient (Wildman–Crippen LogP) is 5.07. The van der Waals surface area contributed by atoms with E-state index in [1.54, 1.807) is 24.4 Å². The van der Waals surface area contributed by atoms with Crippen molar-refractivity contribution < 1.29 is 31.6 Å². The average Bonchev–Trinajstić information content (AvgIpc) is 3.60. The van der Waals surface area contributed by atoms with Gasteiger partial charge in [-0.15, -0.1) is 11.3 Å². The first-order chi connectivity index (χ1) is 21.0. The first-order valence-electron chi connectivity index (χ1n) is 13.3. The molecule has 4 heterocycles. The Morgan fingerprint density at radius 1 is 1.14 bits per heavy atom. The van der Waals surface area contributed by atoms with Crippen LogP contribution in [0.3, 0.4) is 0 Å². The number of hydrogen-bond donors (Lipinski definition) is 2. The molecule has 3 aromatic heterocycles. The summed E-state index contributed by atoms with van der Waals surface area (Å²) in [5.74, 6) is -0.0117. The first kappa shape index (κ1) is 29.3. The zero-order chi connectivity index (χ0) is 31.3. The molecule has 6 rings (SSSR count). The Morgan fingerprint density at radius 3 is 2.57 bits per heavy atom. The zero-order valence-electron chi connectivity index (χ0n) is 24.0. The number of carbonyl (C=O) groups excluding carboxylic acids is 2. The topological polar surface area (TPSA) is 144 Å². The Kier molecular flexibility index (Phi) is 7.33. The highest BCUT2D eigenvalue weighted by atomic mass is 32.2. The van der Waals surface area contributed by atoms with Gasteiger partial charge < -0.3 is 19.8 Å². The van der Waals surface area contributed by atoms with Gasteiger partial charge in [-0.25, -0.2) is 22.8 Å². The number of halogens is 1. The number of ether oxygens (including phenoxy) is 1. The molecular weight excluding hydrogens is 609 g/mol. The van der Waals surface area contributed by atoms with E-state index >= 15 is 0 Å². The molecule has 0 aliphatic carbocycles. The van der Waals surface area contributed by atoms with E-state index in [-0.39, 0.29) is 28.5 Å². The van der Waals surface area contributed by atoms with Crippen LogP contribution in [0.2, 0.25) is 0 Å². The van der Waals surface area contributed by atoms with Crippen molar-refractivity contribution in [1.29, 1.82) is 0 Å². The zero-order valence-corrected chi connectivity index (χ0v) is 25.7. The number of furan rings is 1. The quantitative estimate of drug-likeness (QED) is 0.252. The van der Waals surface area contributed by atoms with Crippen LogP contribution in [0.5, 0.6) is 5.88 Å². The van der Waals surface area contributed by atoms with Crippen molar-refractivity contribution in [3.05, 3.63) is 64.9 Å². The molecule has 226 valence electrons. The summed E-state index contributed by atoms with van der Waals surface area (Å²) in [6.45, 7) is 0. The fourth-order valence-corrected chi connectivity index (χ4v) is 6.56. The number of methoxy groups -OCH3 is 1. The van der Waals surface area contributed by atoms with E-state index in [2.05, 4.69) is 20.6 Å². The Labute approximate surface area is 255 Å². The van der Waals surface area contributed by atoms with Crippen LogP contribution in [0, 0.1) is 5.82 Å². The summed E-state index contributed by atoms with van der Waals surface area (Å²) >= 11 is 1.41. The number of benzene rings is 2. The van der Waals surface area contributed by atoms with Gasteiger partial charge in [-0.3, -0.25) is 13.9 Å². The van der Waals surface area contributed by atoms with Crippen molar-refractivity contribution in [2.24, 2.45) is 0 Å². The van der Waals surface area contributed by atoms with E-state index in [9.17, 15) is 22.4 Å². The van der Waals surface area contributed by atoms with Crippen molar-refractivity contribution in [1.82, 2.24) is 15.3 Å². The normalized spacial score (nSPS) is 13.0. The van der Waals surface area contributed by atoms with Crippen molar-refractivity contribution in [2.45, 2.75) is 12.8 Å². The highest BCUT2D eigenvalue weighted by molar-refractivity contribution is 7.92. The van der Waals surface area contributed by atoms with Crippen molar-refractivity contribution in [3.8, 4) is 38.9 Å². The summed E-state index contributed by atoms with van der Waals surface area (Å²) < 4.78 is 52.1. The van der Waals surface area contributed by atoms with Gasteiger partial charge in [-0.2, -0.15) is 0 Å². The summed E-state index contributed by atoms with van der Waals surface area (Å²) in [7, 11) is 0.636. The van der Waals surface area contributed by atoms with Crippen LogP contribution in [0.25, 0.3) is 44.0 Å². The van der Waals surface area contributed by atoms with Crippen LogP contribution in [0.4, 0.5) is 15.9 Å². The lowest BCUT2D eigenvalue weighted by atomic mass is 9.98. The average molecular weight is 636 g/mol. The molecule has 0 unspecified atom stereocenters. The van der Waals surface area contributed by atoms with Crippen molar-refractivity contribution >= 4 is 55.6 Å². The van der Waals surface area contributed by atoms with E-state index in [0.717, 1.165) is 15.4 Å². The number of aromatic nitrogens is 2. The number of nitrogens with zero attached hydrogens (tertiary/aromatic N) is 3. The molecule has 1 aliphatic heterocycles. The van der Waals surface area contributed by atoms with Crippen molar-refractivity contribution in [2.75, 3.05) is 37.1 Å². The number of anilines is 2. The number of pyridine rings is 1. The number of amides is 2. The lowest BCUT2D eigenvalue weighted by Crippen LogP contribution is -2.25. The third-order valence-electron chi connectivity index (χ3n) is 7.32. The van der Waals surface area contributed by atoms with Gasteiger partial charge in [0, 0.05) is 54.9 Å². The minimum atomic E-state index is -3.74. The number of nitrogens with one attached hydrogen (secondary N) is 2. The number of aryl methyl sites for hydroxylation is 1. The van der Waals surface area contributed by atoms with Crippen LogP contribution >= 0.6 is 11.3 Å². The molecule has 5 aromatic rings. The highest BCUT2D eigenvalue weighted by Crippen LogP contribution is 2.44. The van der Waals surface area contributed by atoms with Gasteiger partial charge in [0.05, 0.1) is 35.1 Å². The van der Waals surface area contributed by atoms with Crippen LogP contribution in [-0.4, -0.2) is 57.7 Å². The van der Waals surface area contributed by atoms with Crippen LogP contribution < -0.4 is 19.7 Å². The lowest BCUT2D eigenvalue weighted by Gasteiger charge is -2.21. The molecule has 0 fully saturated rings. The molecule has 44 heavy (non-hydrogen) atoms. The van der Waals surface area contributed by atoms with Gasteiger partial charge in [0.1, 0.15) is 28.0 Å². The molecule has 2 aromatic carbocycles. The van der Waals surface area contributed by atoms with E-state index in [1.807, 2.05) is 0 Å². The summed E-state index contributed by atoms with van der Waals surface area (Å²) in [5.41, 5.74) is 2.68. The Bertz CT molecular complexity index is 2070. The van der Waals surface area contributed by atoms with Crippen molar-refractivity contribution in [3.63, 3.8) is 0 Å². The number of rotatable bonds is 7. The third kappa shape index (κ3) is 5.15. The second-order valence-electron chi connectivity index (χ2n) is 10.1. The van der Waals surface area contributed by atoms with Gasteiger partial charge in [0.15, 0.2) is 0 Å². The van der Waals surface area contributed by atoms with E-state index in [4.69, 9.17) is 9.15 Å². The number of fused-ring (bicyclic) bond motifs is 2. The molecule has 0 radical (unpaired) electrons. The largest absolute Gasteiger partial charge is 0.480 e. The minimum Gasteiger partial charge on any atom is -0.480 e. The summed E-state index contributed by atoms with van der Waals surface area (Å²) in [6, 6.07) is 10.5. The maximum absolute atomic E-state index is 13.7. The first-order valence-corrected chi connectivity index (χ1v) is 16.0. The fourth-order valence-electron chi connectivity index (χ4n) is 5.03. The Morgan fingerprint density at radius 2 is 1.89 bits per heavy atom.